The fourth-order valence-corrected chi connectivity index (χ4v) is 4.13. The summed E-state index contributed by atoms with van der Waals surface area (Å²) in [6.07, 6.45) is 2.12. The molecule has 1 fully saturated rings. The Hall–Kier alpha value is -2.91. The van der Waals surface area contributed by atoms with Crippen molar-refractivity contribution < 1.29 is 13.9 Å². The van der Waals surface area contributed by atoms with Crippen LogP contribution in [0.5, 0.6) is 0 Å². The van der Waals surface area contributed by atoms with Gasteiger partial charge < -0.3 is 15.3 Å². The van der Waals surface area contributed by atoms with Crippen molar-refractivity contribution in [3.05, 3.63) is 53.4 Å². The van der Waals surface area contributed by atoms with E-state index in [2.05, 4.69) is 33.9 Å². The number of hydrogen-bond acceptors (Lipinski definition) is 7. The van der Waals surface area contributed by atoms with Gasteiger partial charge in [-0.05, 0) is 39.8 Å². The first-order valence-corrected chi connectivity index (χ1v) is 11.6. The molecule has 2 aromatic heterocycles. The normalized spacial score (nSPS) is 15.4. The predicted molar refractivity (Wildman–Crippen MR) is 130 cm³/mol. The number of halogens is 2. The number of nitrogens with zero attached hydrogens (tertiary/aromatic N) is 5. The van der Waals surface area contributed by atoms with E-state index < -0.39 is 17.2 Å². The number of pyridine rings is 1. The second kappa shape index (κ2) is 9.76. The van der Waals surface area contributed by atoms with Crippen LogP contribution in [0.25, 0.3) is 11.0 Å². The van der Waals surface area contributed by atoms with E-state index in [1.165, 1.54) is 12.1 Å². The molecule has 2 N–H and O–H groups in total. The Morgan fingerprint density at radius 2 is 1.79 bits per heavy atom. The third kappa shape index (κ3) is 5.95. The van der Waals surface area contributed by atoms with E-state index in [9.17, 15) is 13.9 Å². The Labute approximate surface area is 198 Å². The van der Waals surface area contributed by atoms with Crippen LogP contribution in [0.1, 0.15) is 39.0 Å². The van der Waals surface area contributed by atoms with Crippen LogP contribution in [0.2, 0.25) is 0 Å². The molecule has 1 saturated heterocycles. The van der Waals surface area contributed by atoms with E-state index in [1.807, 2.05) is 6.07 Å². The minimum Gasteiger partial charge on any atom is -0.390 e. The molecular weight excluding hydrogens is 438 g/mol. The summed E-state index contributed by atoms with van der Waals surface area (Å²) in [5.74, 6) is 0.403. The molecule has 0 atom stereocenters. The molecule has 3 aromatic rings. The van der Waals surface area contributed by atoms with Gasteiger partial charge in [0, 0.05) is 62.5 Å². The lowest BCUT2D eigenvalue weighted by atomic mass is 10.0. The number of aromatic nitrogens is 3. The third-order valence-electron chi connectivity index (χ3n) is 5.71. The number of hydrogen-bond donors (Lipinski definition) is 2. The van der Waals surface area contributed by atoms with Crippen LogP contribution in [0, 0.1) is 11.6 Å². The Morgan fingerprint density at radius 3 is 2.44 bits per heavy atom. The minimum atomic E-state index is -0.865. The quantitative estimate of drug-likeness (QED) is 0.545. The highest BCUT2D eigenvalue weighted by atomic mass is 19.1. The zero-order valence-corrected chi connectivity index (χ0v) is 20.1. The smallest absolute Gasteiger partial charge is 0.172 e. The first-order chi connectivity index (χ1) is 16.1. The van der Waals surface area contributed by atoms with Gasteiger partial charge in [-0.3, -0.25) is 9.88 Å². The lowest BCUT2D eigenvalue weighted by Crippen LogP contribution is -2.46. The second-order valence-corrected chi connectivity index (χ2v) is 9.85. The van der Waals surface area contributed by atoms with Crippen LogP contribution >= 0.6 is 0 Å². The highest BCUT2D eigenvalue weighted by Gasteiger charge is 2.23. The first-order valence-electron chi connectivity index (χ1n) is 11.6. The summed E-state index contributed by atoms with van der Waals surface area (Å²) in [5.41, 5.74) is 1.81. The molecule has 4 rings (SSSR count). The number of anilines is 2. The molecule has 1 aliphatic heterocycles. The fourth-order valence-electron chi connectivity index (χ4n) is 4.13. The predicted octanol–water partition coefficient (Wildman–Crippen LogP) is 3.76. The van der Waals surface area contributed by atoms with Crippen LogP contribution in [-0.4, -0.2) is 62.8 Å². The molecule has 0 amide bonds. The molecule has 0 unspecified atom stereocenters. The summed E-state index contributed by atoms with van der Waals surface area (Å²) in [4.78, 5) is 18.5. The third-order valence-corrected chi connectivity index (χ3v) is 5.71. The van der Waals surface area contributed by atoms with Gasteiger partial charge in [-0.1, -0.05) is 6.07 Å². The van der Waals surface area contributed by atoms with Gasteiger partial charge in [0.1, 0.15) is 17.2 Å². The molecule has 0 aliphatic carbocycles. The molecule has 0 bridgehead atoms. The molecule has 34 heavy (non-hydrogen) atoms. The summed E-state index contributed by atoms with van der Waals surface area (Å²) in [6.45, 7) is 10.9. The zero-order chi connectivity index (χ0) is 24.5. The summed E-state index contributed by atoms with van der Waals surface area (Å²) >= 11 is 0. The van der Waals surface area contributed by atoms with E-state index >= 15 is 0 Å². The average molecular weight is 471 g/mol. The molecule has 0 saturated carbocycles. The van der Waals surface area contributed by atoms with Crippen LogP contribution in [0.4, 0.5) is 20.4 Å². The van der Waals surface area contributed by atoms with Crippen molar-refractivity contribution in [2.75, 3.05) is 36.4 Å². The van der Waals surface area contributed by atoms with Crippen molar-refractivity contribution in [1.29, 1.82) is 0 Å². The van der Waals surface area contributed by atoms with Gasteiger partial charge in [0.15, 0.2) is 11.6 Å². The van der Waals surface area contributed by atoms with Gasteiger partial charge in [0.05, 0.1) is 17.3 Å². The number of piperazine rings is 1. The van der Waals surface area contributed by atoms with Gasteiger partial charge in [0.25, 0.3) is 0 Å². The van der Waals surface area contributed by atoms with Crippen LogP contribution in [0.3, 0.4) is 0 Å². The van der Waals surface area contributed by atoms with E-state index in [4.69, 9.17) is 9.97 Å². The molecule has 0 spiro atoms. The summed E-state index contributed by atoms with van der Waals surface area (Å²) in [6, 6.07) is 5.80. The molecule has 3 heterocycles. The topological polar surface area (TPSA) is 77.4 Å². The Kier molecular flexibility index (Phi) is 6.95. The average Bonchev–Trinajstić information content (AvgIpc) is 2.74. The zero-order valence-electron chi connectivity index (χ0n) is 20.1. The summed E-state index contributed by atoms with van der Waals surface area (Å²) in [5, 5.41) is 13.6. The number of nitrogens with one attached hydrogen (secondary N) is 1. The van der Waals surface area contributed by atoms with Crippen molar-refractivity contribution in [2.24, 2.45) is 0 Å². The highest BCUT2D eigenvalue weighted by molar-refractivity contribution is 5.80. The Balaban J connectivity index is 1.55. The molecule has 9 heteroatoms. The van der Waals surface area contributed by atoms with Gasteiger partial charge >= 0.3 is 0 Å². The number of rotatable bonds is 7. The van der Waals surface area contributed by atoms with Gasteiger partial charge in [0.2, 0.25) is 0 Å². The molecule has 1 aromatic carbocycles. The van der Waals surface area contributed by atoms with Crippen LogP contribution in [-0.2, 0) is 13.0 Å². The lowest BCUT2D eigenvalue weighted by Gasteiger charge is -2.36. The van der Waals surface area contributed by atoms with E-state index in [-0.39, 0.29) is 6.04 Å². The molecule has 1 aliphatic rings. The minimum absolute atomic E-state index is 0.177. The Morgan fingerprint density at radius 1 is 1.06 bits per heavy atom. The Bertz CT molecular complexity index is 1160. The monoisotopic (exact) mass is 470 g/mol. The SMILES string of the molecule is CC(C)Nc1nc2cnc(CC(C)(C)O)cc2nc1N1CCN(Cc2ccc(F)cc2F)CC1. The number of benzene rings is 1. The maximum absolute atomic E-state index is 14.1. The van der Waals surface area contributed by atoms with Crippen LogP contribution < -0.4 is 10.2 Å². The van der Waals surface area contributed by atoms with Crippen molar-refractivity contribution in [1.82, 2.24) is 19.9 Å². The standard InChI is InChI=1S/C25H32F2N6O/c1-16(2)29-23-24(31-21-12-19(13-25(3,4)34)28-14-22(21)30-23)33-9-7-32(8-10-33)15-17-5-6-18(26)11-20(17)27/h5-6,11-12,14,16,34H,7-10,13,15H2,1-4H3,(H,29,30). The molecule has 182 valence electrons. The van der Waals surface area contributed by atoms with Crippen LogP contribution in [0.15, 0.2) is 30.5 Å². The molecule has 0 radical (unpaired) electrons. The number of aliphatic hydroxyl groups is 1. The first kappa shape index (κ1) is 24.2. The van der Waals surface area contributed by atoms with Crippen molar-refractivity contribution in [3.63, 3.8) is 0 Å². The van der Waals surface area contributed by atoms with E-state index in [0.29, 0.717) is 43.0 Å². The summed E-state index contributed by atoms with van der Waals surface area (Å²) in [7, 11) is 0. The van der Waals surface area contributed by atoms with Gasteiger partial charge in [-0.25, -0.2) is 18.7 Å². The maximum atomic E-state index is 14.1. The van der Waals surface area contributed by atoms with E-state index in [0.717, 1.165) is 36.2 Å². The second-order valence-electron chi connectivity index (χ2n) is 9.85. The number of fused-ring (bicyclic) bond motifs is 1. The molecule has 7 nitrogen and oxygen atoms in total. The molecular formula is C25H32F2N6O. The highest BCUT2D eigenvalue weighted by Crippen LogP contribution is 2.27. The largest absolute Gasteiger partial charge is 0.390 e. The van der Waals surface area contributed by atoms with Gasteiger partial charge in [-0.2, -0.15) is 0 Å². The van der Waals surface area contributed by atoms with Crippen molar-refractivity contribution in [2.45, 2.75) is 52.3 Å². The van der Waals surface area contributed by atoms with E-state index in [1.54, 1.807) is 20.0 Å². The summed E-state index contributed by atoms with van der Waals surface area (Å²) < 4.78 is 27.3. The maximum Gasteiger partial charge on any atom is 0.172 e. The lowest BCUT2D eigenvalue weighted by molar-refractivity contribution is 0.0800. The fraction of sp³-hybridized carbons (Fsp3) is 0.480. The van der Waals surface area contributed by atoms with Gasteiger partial charge in [-0.15, -0.1) is 0 Å². The van der Waals surface area contributed by atoms with Crippen molar-refractivity contribution in [3.8, 4) is 0 Å². The van der Waals surface area contributed by atoms with Crippen molar-refractivity contribution >= 4 is 22.7 Å².